The van der Waals surface area contributed by atoms with Gasteiger partial charge in [0.25, 0.3) is 11.6 Å². The fourth-order valence-electron chi connectivity index (χ4n) is 2.69. The number of pyridine rings is 1. The second kappa shape index (κ2) is 6.49. The van der Waals surface area contributed by atoms with E-state index in [0.717, 1.165) is 22.3 Å². The van der Waals surface area contributed by atoms with Gasteiger partial charge in [-0.15, -0.1) is 12.4 Å². The zero-order valence-electron chi connectivity index (χ0n) is 13.9. The second-order valence-corrected chi connectivity index (χ2v) is 6.23. The SMILES string of the molecule is CNC(C)Cc1noc(-c2cc(C3CC3)nc3onc(C)c23)n1.Cl. The van der Waals surface area contributed by atoms with E-state index in [2.05, 4.69) is 32.5 Å². The van der Waals surface area contributed by atoms with E-state index in [1.165, 1.54) is 12.8 Å². The number of halogens is 1. The Morgan fingerprint density at radius 1 is 1.25 bits per heavy atom. The highest BCUT2D eigenvalue weighted by Gasteiger charge is 2.28. The lowest BCUT2D eigenvalue weighted by molar-refractivity contribution is 0.418. The van der Waals surface area contributed by atoms with Crippen molar-refractivity contribution in [3.05, 3.63) is 23.3 Å². The van der Waals surface area contributed by atoms with Crippen LogP contribution in [0.2, 0.25) is 0 Å². The van der Waals surface area contributed by atoms with Crippen LogP contribution in [-0.2, 0) is 6.42 Å². The molecule has 0 amide bonds. The molecule has 24 heavy (non-hydrogen) atoms. The molecule has 1 aliphatic carbocycles. The van der Waals surface area contributed by atoms with Crippen LogP contribution in [0.3, 0.4) is 0 Å². The maximum Gasteiger partial charge on any atom is 0.259 e. The fraction of sp³-hybridized carbons (Fsp3) is 0.500. The van der Waals surface area contributed by atoms with Crippen molar-refractivity contribution in [1.82, 2.24) is 25.6 Å². The van der Waals surface area contributed by atoms with Gasteiger partial charge in [0.1, 0.15) is 0 Å². The average molecular weight is 350 g/mol. The molecule has 4 rings (SSSR count). The third-order valence-corrected chi connectivity index (χ3v) is 4.31. The molecule has 3 heterocycles. The Kier molecular flexibility index (Phi) is 4.56. The summed E-state index contributed by atoms with van der Waals surface area (Å²) in [4.78, 5) is 9.13. The minimum Gasteiger partial charge on any atom is -0.336 e. The van der Waals surface area contributed by atoms with E-state index in [-0.39, 0.29) is 18.4 Å². The lowest BCUT2D eigenvalue weighted by Crippen LogP contribution is -2.24. The van der Waals surface area contributed by atoms with Crippen LogP contribution >= 0.6 is 12.4 Å². The smallest absolute Gasteiger partial charge is 0.259 e. The minimum absolute atomic E-state index is 0. The zero-order chi connectivity index (χ0) is 16.0. The molecule has 7 nitrogen and oxygen atoms in total. The van der Waals surface area contributed by atoms with Crippen LogP contribution in [0.4, 0.5) is 0 Å². The number of likely N-dealkylation sites (N-methyl/N-ethyl adjacent to an activating group) is 1. The Morgan fingerprint density at radius 2 is 2.04 bits per heavy atom. The van der Waals surface area contributed by atoms with Gasteiger partial charge in [-0.25, -0.2) is 4.98 Å². The molecule has 0 saturated heterocycles. The summed E-state index contributed by atoms with van der Waals surface area (Å²) in [6.45, 7) is 3.98. The van der Waals surface area contributed by atoms with E-state index in [0.29, 0.717) is 29.8 Å². The molecule has 1 fully saturated rings. The summed E-state index contributed by atoms with van der Waals surface area (Å²) in [7, 11) is 1.92. The third-order valence-electron chi connectivity index (χ3n) is 4.31. The van der Waals surface area contributed by atoms with E-state index < -0.39 is 0 Å². The van der Waals surface area contributed by atoms with Crippen LogP contribution in [-0.4, -0.2) is 33.4 Å². The van der Waals surface area contributed by atoms with Crippen LogP contribution in [0.5, 0.6) is 0 Å². The van der Waals surface area contributed by atoms with E-state index in [9.17, 15) is 0 Å². The lowest BCUT2D eigenvalue weighted by atomic mass is 10.1. The Morgan fingerprint density at radius 3 is 2.75 bits per heavy atom. The van der Waals surface area contributed by atoms with E-state index >= 15 is 0 Å². The predicted octanol–water partition coefficient (Wildman–Crippen LogP) is 3.03. The third kappa shape index (κ3) is 3.01. The molecule has 1 aliphatic rings. The number of hydrogen-bond donors (Lipinski definition) is 1. The number of fused-ring (bicyclic) bond motifs is 1. The summed E-state index contributed by atoms with van der Waals surface area (Å²) >= 11 is 0. The Hall–Kier alpha value is -1.99. The molecule has 3 aromatic heterocycles. The molecule has 0 aromatic carbocycles. The molecule has 0 aliphatic heterocycles. The summed E-state index contributed by atoms with van der Waals surface area (Å²) in [6, 6.07) is 2.33. The van der Waals surface area contributed by atoms with Crippen LogP contribution < -0.4 is 5.32 Å². The highest BCUT2D eigenvalue weighted by atomic mass is 35.5. The number of hydrogen-bond acceptors (Lipinski definition) is 7. The van der Waals surface area contributed by atoms with Crippen LogP contribution in [0.15, 0.2) is 15.1 Å². The van der Waals surface area contributed by atoms with Gasteiger partial charge in [-0.1, -0.05) is 10.3 Å². The Balaban J connectivity index is 0.00000169. The van der Waals surface area contributed by atoms with Crippen molar-refractivity contribution < 1.29 is 9.05 Å². The number of aryl methyl sites for hydroxylation is 1. The average Bonchev–Trinajstić information content (AvgIpc) is 3.20. The first-order chi connectivity index (χ1) is 11.2. The van der Waals surface area contributed by atoms with Gasteiger partial charge in [0.2, 0.25) is 0 Å². The summed E-state index contributed by atoms with van der Waals surface area (Å²) in [5.41, 5.74) is 3.22. The molecule has 1 atom stereocenters. The van der Waals surface area contributed by atoms with Gasteiger partial charge in [0.05, 0.1) is 16.6 Å². The monoisotopic (exact) mass is 349 g/mol. The maximum absolute atomic E-state index is 5.50. The highest BCUT2D eigenvalue weighted by molar-refractivity contribution is 5.91. The van der Waals surface area contributed by atoms with Gasteiger partial charge in [0, 0.05) is 24.1 Å². The molecule has 0 bridgehead atoms. The zero-order valence-corrected chi connectivity index (χ0v) is 14.7. The topological polar surface area (TPSA) is 89.9 Å². The quantitative estimate of drug-likeness (QED) is 0.757. The van der Waals surface area contributed by atoms with Crippen molar-refractivity contribution in [2.24, 2.45) is 0 Å². The molecule has 0 spiro atoms. The summed E-state index contributed by atoms with van der Waals surface area (Å²) in [5.74, 6) is 1.70. The first-order valence-electron chi connectivity index (χ1n) is 7.93. The summed E-state index contributed by atoms with van der Waals surface area (Å²) in [5, 5.41) is 12.2. The molecular weight excluding hydrogens is 330 g/mol. The molecular formula is C16H20ClN5O2. The highest BCUT2D eigenvalue weighted by Crippen LogP contribution is 2.42. The van der Waals surface area contributed by atoms with Gasteiger partial charge in [0.15, 0.2) is 5.82 Å². The van der Waals surface area contributed by atoms with Crippen molar-refractivity contribution >= 4 is 23.5 Å². The van der Waals surface area contributed by atoms with Gasteiger partial charge >= 0.3 is 0 Å². The summed E-state index contributed by atoms with van der Waals surface area (Å²) < 4.78 is 10.9. The van der Waals surface area contributed by atoms with E-state index in [1.807, 2.05) is 20.0 Å². The standard InChI is InChI=1S/C16H19N5O2.ClH/c1-8(17-3)6-13-19-15(22-21-13)11-7-12(10-4-5-10)18-16-14(11)9(2)20-23-16;/h7-8,10,17H,4-6H2,1-3H3;1H. The molecule has 1 unspecified atom stereocenters. The number of aromatic nitrogens is 4. The fourth-order valence-corrected chi connectivity index (χ4v) is 2.69. The minimum atomic E-state index is 0. The second-order valence-electron chi connectivity index (χ2n) is 6.23. The maximum atomic E-state index is 5.50. The van der Waals surface area contributed by atoms with Crippen molar-refractivity contribution in [2.45, 2.75) is 45.1 Å². The van der Waals surface area contributed by atoms with E-state index in [4.69, 9.17) is 9.05 Å². The first-order valence-corrected chi connectivity index (χ1v) is 7.93. The Bertz CT molecular complexity index is 855. The van der Waals surface area contributed by atoms with E-state index in [1.54, 1.807) is 0 Å². The van der Waals surface area contributed by atoms with Crippen molar-refractivity contribution in [3.63, 3.8) is 0 Å². The number of nitrogens with zero attached hydrogens (tertiary/aromatic N) is 4. The van der Waals surface area contributed by atoms with Gasteiger partial charge in [-0.2, -0.15) is 4.98 Å². The van der Waals surface area contributed by atoms with Crippen molar-refractivity contribution in [1.29, 1.82) is 0 Å². The van der Waals surface area contributed by atoms with Crippen LogP contribution in [0, 0.1) is 6.92 Å². The summed E-state index contributed by atoms with van der Waals surface area (Å²) in [6.07, 6.45) is 3.05. The van der Waals surface area contributed by atoms with Crippen molar-refractivity contribution in [2.75, 3.05) is 7.05 Å². The number of nitrogens with one attached hydrogen (secondary N) is 1. The molecule has 1 saturated carbocycles. The molecule has 1 N–H and O–H groups in total. The number of rotatable bonds is 5. The van der Waals surface area contributed by atoms with Gasteiger partial charge < -0.3 is 14.4 Å². The lowest BCUT2D eigenvalue weighted by Gasteiger charge is -2.04. The normalized spacial score (nSPS) is 15.5. The van der Waals surface area contributed by atoms with Gasteiger partial charge in [-0.05, 0) is 39.8 Å². The predicted molar refractivity (Wildman–Crippen MR) is 91.3 cm³/mol. The molecule has 128 valence electrons. The van der Waals surface area contributed by atoms with Crippen LogP contribution in [0.1, 0.15) is 42.9 Å². The molecule has 0 radical (unpaired) electrons. The Labute approximate surface area is 145 Å². The largest absolute Gasteiger partial charge is 0.336 e. The van der Waals surface area contributed by atoms with Gasteiger partial charge in [-0.3, -0.25) is 0 Å². The van der Waals surface area contributed by atoms with Crippen molar-refractivity contribution in [3.8, 4) is 11.5 Å². The molecule has 8 heteroatoms. The first kappa shape index (κ1) is 16.9. The molecule has 3 aromatic rings. The van der Waals surface area contributed by atoms with Crippen LogP contribution in [0.25, 0.3) is 22.6 Å².